The zero-order valence-electron chi connectivity index (χ0n) is 18.4. The van der Waals surface area contributed by atoms with Crippen LogP contribution < -0.4 is 4.74 Å². The van der Waals surface area contributed by atoms with Crippen LogP contribution in [0.3, 0.4) is 0 Å². The monoisotopic (exact) mass is 415 g/mol. The quantitative estimate of drug-likeness (QED) is 0.271. The Morgan fingerprint density at radius 3 is 2.14 bits per heavy atom. The van der Waals surface area contributed by atoms with Crippen molar-refractivity contribution in [2.75, 3.05) is 6.61 Å². The van der Waals surface area contributed by atoms with Gasteiger partial charge >= 0.3 is 0 Å². The van der Waals surface area contributed by atoms with E-state index in [0.717, 1.165) is 36.5 Å². The Bertz CT molecular complexity index is 684. The molecule has 0 N–H and O–H groups in total. The fraction of sp³-hybridized carbons (Fsp3) is 0.577. The third-order valence-electron chi connectivity index (χ3n) is 5.38. The second-order valence-corrected chi connectivity index (χ2v) is 8.38. The number of benzene rings is 1. The van der Waals surface area contributed by atoms with Gasteiger partial charge in [0.25, 0.3) is 0 Å². The highest BCUT2D eigenvalue weighted by Crippen LogP contribution is 2.30. The van der Waals surface area contributed by atoms with E-state index in [9.17, 15) is 0 Å². The van der Waals surface area contributed by atoms with E-state index in [-0.39, 0.29) is 0 Å². The average molecular weight is 416 g/mol. The van der Waals surface area contributed by atoms with Crippen molar-refractivity contribution in [2.45, 2.75) is 90.9 Å². The summed E-state index contributed by atoms with van der Waals surface area (Å²) in [6, 6.07) is 10.3. The topological polar surface area (TPSA) is 22.1 Å². The molecular weight excluding hydrogens is 378 g/mol. The minimum absolute atomic E-state index is 0.656. The van der Waals surface area contributed by atoms with E-state index in [4.69, 9.17) is 16.3 Å². The maximum Gasteiger partial charge on any atom is 0.137 e. The molecule has 0 atom stereocenters. The molecule has 1 heterocycles. The first-order valence-electron chi connectivity index (χ1n) is 11.6. The highest BCUT2D eigenvalue weighted by molar-refractivity contribution is 6.32. The summed E-state index contributed by atoms with van der Waals surface area (Å²) in [5.74, 6) is 0.762. The molecule has 3 heteroatoms. The fourth-order valence-corrected chi connectivity index (χ4v) is 3.75. The van der Waals surface area contributed by atoms with Gasteiger partial charge in [-0.25, -0.2) is 0 Å². The van der Waals surface area contributed by atoms with Gasteiger partial charge < -0.3 is 4.74 Å². The molecule has 2 nitrogen and oxygen atoms in total. The lowest BCUT2D eigenvalue weighted by Crippen LogP contribution is -1.97. The van der Waals surface area contributed by atoms with Crippen LogP contribution in [0, 0.1) is 0 Å². The van der Waals surface area contributed by atoms with Crippen LogP contribution in [-0.2, 0) is 6.42 Å². The van der Waals surface area contributed by atoms with Crippen molar-refractivity contribution < 1.29 is 4.74 Å². The summed E-state index contributed by atoms with van der Waals surface area (Å²) in [6.45, 7) is 5.18. The molecule has 2 rings (SSSR count). The minimum atomic E-state index is 0.656. The number of nitrogens with zero attached hydrogens (tertiary/aromatic N) is 1. The maximum absolute atomic E-state index is 6.41. The number of rotatable bonds is 15. The van der Waals surface area contributed by atoms with Crippen LogP contribution in [0.1, 0.15) is 90.0 Å². The first-order valence-corrected chi connectivity index (χ1v) is 12.0. The van der Waals surface area contributed by atoms with Gasteiger partial charge in [-0.2, -0.15) is 0 Å². The minimum Gasteiger partial charge on any atom is -0.492 e. The summed E-state index contributed by atoms with van der Waals surface area (Å²) in [5, 5.41) is 0.656. The number of aromatic nitrogens is 1. The Kier molecular flexibility index (Phi) is 11.8. The highest BCUT2D eigenvalue weighted by Gasteiger charge is 2.06. The Labute approximate surface area is 183 Å². The number of aryl methyl sites for hydroxylation is 1. The van der Waals surface area contributed by atoms with Crippen LogP contribution in [-0.4, -0.2) is 11.6 Å². The van der Waals surface area contributed by atoms with Crippen LogP contribution in [0.25, 0.3) is 11.3 Å². The van der Waals surface area contributed by atoms with Gasteiger partial charge in [-0.3, -0.25) is 4.98 Å². The molecule has 1 aromatic carbocycles. The predicted octanol–water partition coefficient (Wildman–Crippen LogP) is 8.65. The van der Waals surface area contributed by atoms with E-state index in [1.54, 1.807) is 0 Å². The van der Waals surface area contributed by atoms with Crippen LogP contribution in [0.5, 0.6) is 5.75 Å². The molecule has 0 radical (unpaired) electrons. The lowest BCUT2D eigenvalue weighted by molar-refractivity contribution is 0.306. The molecule has 2 aromatic rings. The van der Waals surface area contributed by atoms with Crippen LogP contribution in [0.2, 0.25) is 5.02 Å². The standard InChI is InChI=1S/C26H38ClNO/c1-3-5-7-8-9-10-11-12-14-22-15-17-25(28-21-22)23-16-18-26(24(27)20-23)29-19-13-6-4-2/h15-18,20-21H,3-14,19H2,1-2H3. The Morgan fingerprint density at radius 1 is 0.793 bits per heavy atom. The molecule has 0 saturated carbocycles. The van der Waals surface area contributed by atoms with E-state index in [2.05, 4.69) is 31.0 Å². The molecule has 0 unspecified atom stereocenters. The van der Waals surface area contributed by atoms with E-state index >= 15 is 0 Å². The van der Waals surface area contributed by atoms with Crippen LogP contribution in [0.15, 0.2) is 36.5 Å². The van der Waals surface area contributed by atoms with Gasteiger partial charge in [-0.05, 0) is 49.1 Å². The summed E-state index contributed by atoms with van der Waals surface area (Å²) >= 11 is 6.41. The molecule has 0 fully saturated rings. The normalized spacial score (nSPS) is 11.0. The maximum atomic E-state index is 6.41. The molecule has 0 aliphatic heterocycles. The lowest BCUT2D eigenvalue weighted by atomic mass is 10.0. The molecule has 0 bridgehead atoms. The van der Waals surface area contributed by atoms with Crippen molar-refractivity contribution in [1.29, 1.82) is 0 Å². The summed E-state index contributed by atoms with van der Waals surface area (Å²) in [5.41, 5.74) is 3.32. The predicted molar refractivity (Wildman–Crippen MR) is 126 cm³/mol. The molecule has 0 spiro atoms. The molecule has 160 valence electrons. The van der Waals surface area contributed by atoms with Gasteiger partial charge in [-0.1, -0.05) is 89.3 Å². The summed E-state index contributed by atoms with van der Waals surface area (Å²) < 4.78 is 5.79. The number of hydrogen-bond donors (Lipinski definition) is 0. The molecule has 1 aromatic heterocycles. The second-order valence-electron chi connectivity index (χ2n) is 7.98. The van der Waals surface area contributed by atoms with Crippen molar-refractivity contribution in [1.82, 2.24) is 4.98 Å². The first kappa shape index (κ1) is 23.7. The van der Waals surface area contributed by atoms with Gasteiger partial charge in [0.05, 0.1) is 17.3 Å². The largest absolute Gasteiger partial charge is 0.492 e. The average Bonchev–Trinajstić information content (AvgIpc) is 2.74. The van der Waals surface area contributed by atoms with Gasteiger partial charge in [-0.15, -0.1) is 0 Å². The van der Waals surface area contributed by atoms with Gasteiger partial charge in [0.2, 0.25) is 0 Å². The van der Waals surface area contributed by atoms with Gasteiger partial charge in [0.1, 0.15) is 5.75 Å². The second kappa shape index (κ2) is 14.4. The van der Waals surface area contributed by atoms with E-state index in [1.165, 1.54) is 69.8 Å². The molecule has 0 saturated heterocycles. The lowest BCUT2D eigenvalue weighted by Gasteiger charge is -2.10. The summed E-state index contributed by atoms with van der Waals surface area (Å²) in [7, 11) is 0. The van der Waals surface area contributed by atoms with Crippen molar-refractivity contribution in [3.05, 3.63) is 47.1 Å². The summed E-state index contributed by atoms with van der Waals surface area (Å²) in [4.78, 5) is 4.66. The molecule has 0 aliphatic carbocycles. The number of hydrogen-bond acceptors (Lipinski definition) is 2. The summed E-state index contributed by atoms with van der Waals surface area (Å²) in [6.07, 6.45) is 17.4. The SMILES string of the molecule is CCCCCCCCCCc1ccc(-c2ccc(OCCCCC)c(Cl)c2)nc1. The number of unbranched alkanes of at least 4 members (excludes halogenated alkanes) is 9. The third kappa shape index (κ3) is 9.21. The van der Waals surface area contributed by atoms with Crippen molar-refractivity contribution >= 4 is 11.6 Å². The molecule has 0 aliphatic rings. The Morgan fingerprint density at radius 2 is 1.48 bits per heavy atom. The number of ether oxygens (including phenoxy) is 1. The zero-order chi connectivity index (χ0) is 20.7. The van der Waals surface area contributed by atoms with Crippen molar-refractivity contribution in [2.24, 2.45) is 0 Å². The smallest absolute Gasteiger partial charge is 0.137 e. The fourth-order valence-electron chi connectivity index (χ4n) is 3.52. The van der Waals surface area contributed by atoms with E-state index in [1.807, 2.05) is 24.4 Å². The Hall–Kier alpha value is -1.54. The van der Waals surface area contributed by atoms with Crippen LogP contribution in [0.4, 0.5) is 0 Å². The van der Waals surface area contributed by atoms with Gasteiger partial charge in [0, 0.05) is 11.8 Å². The molecular formula is C26H38ClNO. The van der Waals surface area contributed by atoms with Crippen molar-refractivity contribution in [3.8, 4) is 17.0 Å². The zero-order valence-corrected chi connectivity index (χ0v) is 19.1. The number of halogens is 1. The van der Waals surface area contributed by atoms with Crippen LogP contribution >= 0.6 is 11.6 Å². The first-order chi connectivity index (χ1) is 14.2. The highest BCUT2D eigenvalue weighted by atomic mass is 35.5. The number of pyridine rings is 1. The Balaban J connectivity index is 1.75. The third-order valence-corrected chi connectivity index (χ3v) is 5.67. The van der Waals surface area contributed by atoms with E-state index < -0.39 is 0 Å². The van der Waals surface area contributed by atoms with Gasteiger partial charge in [0.15, 0.2) is 0 Å². The molecule has 29 heavy (non-hydrogen) atoms. The molecule has 0 amide bonds. The van der Waals surface area contributed by atoms with E-state index in [0.29, 0.717) is 5.02 Å². The van der Waals surface area contributed by atoms with Crippen molar-refractivity contribution in [3.63, 3.8) is 0 Å².